The third-order valence-electron chi connectivity index (χ3n) is 5.19. The van der Waals surface area contributed by atoms with E-state index < -0.39 is 23.5 Å². The summed E-state index contributed by atoms with van der Waals surface area (Å²) in [7, 11) is 0. The van der Waals surface area contributed by atoms with Crippen molar-refractivity contribution in [1.29, 1.82) is 0 Å². The van der Waals surface area contributed by atoms with Crippen LogP contribution in [0.2, 0.25) is 0 Å². The number of hydrogen-bond donors (Lipinski definition) is 2. The van der Waals surface area contributed by atoms with Crippen LogP contribution in [0.25, 0.3) is 22.1 Å². The van der Waals surface area contributed by atoms with Crippen LogP contribution in [0.1, 0.15) is 22.4 Å². The van der Waals surface area contributed by atoms with Gasteiger partial charge in [-0.1, -0.05) is 18.2 Å². The number of alkyl halides is 3. The molecule has 2 aromatic heterocycles. The molecule has 0 aliphatic carbocycles. The zero-order valence-corrected chi connectivity index (χ0v) is 17.5. The molecule has 3 N–H and O–H groups in total. The molecule has 4 aromatic rings. The topological polar surface area (TPSA) is 98.6 Å². The van der Waals surface area contributed by atoms with Gasteiger partial charge in [0.25, 0.3) is 0 Å². The number of rotatable bonds is 7. The molecule has 34 heavy (non-hydrogen) atoms. The Morgan fingerprint density at radius 3 is 2.62 bits per heavy atom. The van der Waals surface area contributed by atoms with Crippen molar-refractivity contribution in [2.75, 3.05) is 0 Å². The van der Waals surface area contributed by atoms with Gasteiger partial charge in [0, 0.05) is 34.8 Å². The lowest BCUT2D eigenvalue weighted by Crippen LogP contribution is -2.06. The Bertz CT molecular complexity index is 1370. The first kappa shape index (κ1) is 23.2. The average molecular weight is 474 g/mol. The van der Waals surface area contributed by atoms with Crippen molar-refractivity contribution < 1.29 is 36.6 Å². The van der Waals surface area contributed by atoms with Crippen LogP contribution in [0, 0.1) is 5.82 Å². The third-order valence-corrected chi connectivity index (χ3v) is 5.19. The summed E-state index contributed by atoms with van der Waals surface area (Å²) in [5.41, 5.74) is 5.10. The molecule has 2 heterocycles. The van der Waals surface area contributed by atoms with E-state index in [-0.39, 0.29) is 53.1 Å². The van der Waals surface area contributed by atoms with Gasteiger partial charge in [0.15, 0.2) is 5.82 Å². The quantitative estimate of drug-likeness (QED) is 0.352. The number of aromatic nitrogens is 1. The number of nitrogens with two attached hydrogens (primary N) is 1. The number of halogens is 4. The second-order valence-electron chi connectivity index (χ2n) is 7.46. The van der Waals surface area contributed by atoms with Gasteiger partial charge in [-0.2, -0.15) is 13.2 Å². The second kappa shape index (κ2) is 9.14. The van der Waals surface area contributed by atoms with E-state index in [1.807, 2.05) is 0 Å². The number of carbonyl (C=O) groups is 1. The number of fused-ring (bicyclic) bond motifs is 1. The van der Waals surface area contributed by atoms with E-state index in [0.717, 1.165) is 0 Å². The maximum absolute atomic E-state index is 15.0. The standard InChI is InChI=1S/C24H18F4N2O4/c25-22-15(5-6-30-19(22)10-29)16-7-13(8-17-18(24(26,27)28)12-34-23(16)17)11-33-20-4-2-1-3-14(20)9-21(31)32/h1-8,12H,9-11,29H2,(H,31,32). The molecule has 0 atom stereocenters. The molecule has 0 spiro atoms. The lowest BCUT2D eigenvalue weighted by molar-refractivity contribution is -0.137. The molecular weight excluding hydrogens is 456 g/mol. The van der Waals surface area contributed by atoms with E-state index in [1.54, 1.807) is 24.3 Å². The number of para-hydroxylation sites is 1. The van der Waals surface area contributed by atoms with Crippen LogP contribution in [-0.2, 0) is 30.5 Å². The van der Waals surface area contributed by atoms with Crippen LogP contribution in [0.15, 0.2) is 59.3 Å². The maximum Gasteiger partial charge on any atom is 0.420 e. The first-order valence-electron chi connectivity index (χ1n) is 10.1. The number of aliphatic carboxylic acids is 1. The van der Waals surface area contributed by atoms with Crippen molar-refractivity contribution in [3.63, 3.8) is 0 Å². The zero-order valence-electron chi connectivity index (χ0n) is 17.5. The molecule has 0 saturated carbocycles. The molecule has 6 nitrogen and oxygen atoms in total. The van der Waals surface area contributed by atoms with Gasteiger partial charge in [0.1, 0.15) is 29.8 Å². The predicted octanol–water partition coefficient (Wildman–Crippen LogP) is 5.32. The number of benzene rings is 2. The summed E-state index contributed by atoms with van der Waals surface area (Å²) >= 11 is 0. The zero-order chi connectivity index (χ0) is 24.5. The van der Waals surface area contributed by atoms with Gasteiger partial charge in [-0.05, 0) is 29.8 Å². The lowest BCUT2D eigenvalue weighted by Gasteiger charge is -2.13. The molecule has 0 aliphatic heterocycles. The molecule has 176 valence electrons. The van der Waals surface area contributed by atoms with Crippen LogP contribution in [0.4, 0.5) is 17.6 Å². The predicted molar refractivity (Wildman–Crippen MR) is 114 cm³/mol. The number of ether oxygens (including phenoxy) is 1. The Hall–Kier alpha value is -3.92. The Balaban J connectivity index is 1.82. The van der Waals surface area contributed by atoms with Crippen LogP contribution in [0.5, 0.6) is 5.75 Å². The van der Waals surface area contributed by atoms with E-state index in [4.69, 9.17) is 20.0 Å². The normalized spacial score (nSPS) is 11.7. The molecule has 2 aromatic carbocycles. The summed E-state index contributed by atoms with van der Waals surface area (Å²) in [6.45, 7) is -0.392. The van der Waals surface area contributed by atoms with Crippen molar-refractivity contribution in [3.05, 3.63) is 83.1 Å². The van der Waals surface area contributed by atoms with E-state index in [0.29, 0.717) is 17.4 Å². The van der Waals surface area contributed by atoms with Gasteiger partial charge in [-0.3, -0.25) is 9.78 Å². The minimum absolute atomic E-state index is 0.0170. The summed E-state index contributed by atoms with van der Waals surface area (Å²) < 4.78 is 66.7. The van der Waals surface area contributed by atoms with Gasteiger partial charge in [-0.25, -0.2) is 4.39 Å². The Kier molecular flexibility index (Phi) is 6.25. The van der Waals surface area contributed by atoms with E-state index >= 15 is 0 Å². The number of furan rings is 1. The molecule has 0 radical (unpaired) electrons. The molecule has 0 unspecified atom stereocenters. The highest BCUT2D eigenvalue weighted by Crippen LogP contribution is 2.41. The summed E-state index contributed by atoms with van der Waals surface area (Å²) in [4.78, 5) is 15.0. The fraction of sp³-hybridized carbons (Fsp3) is 0.167. The highest BCUT2D eigenvalue weighted by Gasteiger charge is 2.35. The molecule has 0 saturated heterocycles. The van der Waals surface area contributed by atoms with E-state index in [9.17, 15) is 22.4 Å². The molecule has 10 heteroatoms. The smallest absolute Gasteiger partial charge is 0.420 e. The summed E-state index contributed by atoms with van der Waals surface area (Å²) in [6.07, 6.45) is -3.09. The van der Waals surface area contributed by atoms with Crippen molar-refractivity contribution in [2.24, 2.45) is 5.73 Å². The molecule has 0 bridgehead atoms. The van der Waals surface area contributed by atoms with Crippen molar-refractivity contribution in [3.8, 4) is 16.9 Å². The van der Waals surface area contributed by atoms with Crippen LogP contribution >= 0.6 is 0 Å². The Labute approximate surface area is 190 Å². The first-order valence-corrected chi connectivity index (χ1v) is 10.1. The average Bonchev–Trinajstić information content (AvgIpc) is 3.22. The summed E-state index contributed by atoms with van der Waals surface area (Å²) in [6, 6.07) is 10.5. The SMILES string of the molecule is NCc1nccc(-c2cc(COc3ccccc3CC(=O)O)cc3c(C(F)(F)F)coc23)c1F. The minimum atomic E-state index is -4.70. The van der Waals surface area contributed by atoms with Crippen molar-refractivity contribution >= 4 is 16.9 Å². The monoisotopic (exact) mass is 474 g/mol. The van der Waals surface area contributed by atoms with Gasteiger partial charge in [0.05, 0.1) is 12.1 Å². The van der Waals surface area contributed by atoms with Gasteiger partial charge >= 0.3 is 12.1 Å². The molecule has 0 amide bonds. The first-order chi connectivity index (χ1) is 16.2. The highest BCUT2D eigenvalue weighted by molar-refractivity contribution is 5.95. The van der Waals surface area contributed by atoms with E-state index in [1.165, 1.54) is 24.4 Å². The van der Waals surface area contributed by atoms with Gasteiger partial charge < -0.3 is 20.0 Å². The van der Waals surface area contributed by atoms with Gasteiger partial charge in [0.2, 0.25) is 0 Å². The summed E-state index contributed by atoms with van der Waals surface area (Å²) in [5.74, 6) is -1.55. The van der Waals surface area contributed by atoms with Crippen molar-refractivity contribution in [1.82, 2.24) is 4.98 Å². The number of carboxylic acid groups (broad SMARTS) is 1. The maximum atomic E-state index is 15.0. The van der Waals surface area contributed by atoms with Crippen LogP contribution in [-0.4, -0.2) is 16.1 Å². The number of nitrogens with zero attached hydrogens (tertiary/aromatic N) is 1. The van der Waals surface area contributed by atoms with E-state index in [2.05, 4.69) is 4.98 Å². The van der Waals surface area contributed by atoms with Crippen LogP contribution < -0.4 is 10.5 Å². The molecule has 0 fully saturated rings. The Morgan fingerprint density at radius 1 is 1.15 bits per heavy atom. The fourth-order valence-corrected chi connectivity index (χ4v) is 3.65. The third kappa shape index (κ3) is 4.58. The molecular formula is C24H18F4N2O4. The lowest BCUT2D eigenvalue weighted by atomic mass is 9.98. The summed E-state index contributed by atoms with van der Waals surface area (Å²) in [5, 5.41) is 8.83. The number of carboxylic acids is 1. The Morgan fingerprint density at radius 2 is 1.91 bits per heavy atom. The van der Waals surface area contributed by atoms with Crippen molar-refractivity contribution in [2.45, 2.75) is 25.7 Å². The molecule has 0 aliphatic rings. The second-order valence-corrected chi connectivity index (χ2v) is 7.46. The number of hydrogen-bond acceptors (Lipinski definition) is 5. The fourth-order valence-electron chi connectivity index (χ4n) is 3.65. The highest BCUT2D eigenvalue weighted by atomic mass is 19.4. The van der Waals surface area contributed by atoms with Gasteiger partial charge in [-0.15, -0.1) is 0 Å². The van der Waals surface area contributed by atoms with Crippen LogP contribution in [0.3, 0.4) is 0 Å². The number of pyridine rings is 1. The molecule has 4 rings (SSSR count). The largest absolute Gasteiger partial charge is 0.489 e. The minimum Gasteiger partial charge on any atom is -0.489 e.